The molecule has 5 aromatic rings. The first kappa shape index (κ1) is 29.0. The fourth-order valence-electron chi connectivity index (χ4n) is 6.62. The van der Waals surface area contributed by atoms with Crippen LogP contribution in [-0.4, -0.2) is 14.3 Å². The van der Waals surface area contributed by atoms with Gasteiger partial charge in [0.25, 0.3) is 0 Å². The first-order valence-corrected chi connectivity index (χ1v) is 15.6. The van der Waals surface area contributed by atoms with Gasteiger partial charge in [0.15, 0.2) is 0 Å². The molecule has 1 saturated carbocycles. The average Bonchev–Trinajstić information content (AvgIpc) is 3.30. The average molecular weight is 582 g/mol. The van der Waals surface area contributed by atoms with Crippen LogP contribution in [0.5, 0.6) is 0 Å². The zero-order valence-corrected chi connectivity index (χ0v) is 26.8. The summed E-state index contributed by atoms with van der Waals surface area (Å²) in [6.45, 7) is 13.6. The highest BCUT2D eigenvalue weighted by Crippen LogP contribution is 2.63. The molecule has 4 aromatic carbocycles. The van der Waals surface area contributed by atoms with Gasteiger partial charge in [-0.25, -0.2) is 4.98 Å². The molecule has 0 aliphatic heterocycles. The molecule has 216 valence electrons. The van der Waals surface area contributed by atoms with Crippen LogP contribution in [0.3, 0.4) is 0 Å². The van der Waals surface area contributed by atoms with Crippen molar-refractivity contribution < 1.29 is 0 Å². The fourth-order valence-corrected chi connectivity index (χ4v) is 7.06. The molecule has 0 amide bonds. The highest BCUT2D eigenvalue weighted by molar-refractivity contribution is 7.82. The standard InChI is InChI=1S/C39H39N3S/c1-25(2)31-13-10-14-32(26(3)4)36(31)29-15-17-34(38(5)24-39(38,6)43)33(22-29)37-41-19-20-42(37)35-18-16-28(21-30(35)23-40)27-11-8-7-9-12-27/h7-22,25-26,43H,24H2,1-6H3/t38?,39-/m1/s1. The zero-order chi connectivity index (χ0) is 30.5. The normalized spacial score (nSPS) is 19.5. The van der Waals surface area contributed by atoms with Crippen LogP contribution >= 0.6 is 12.6 Å². The van der Waals surface area contributed by atoms with Crippen LogP contribution in [0.4, 0.5) is 0 Å². The minimum absolute atomic E-state index is 0.0889. The molecule has 4 heteroatoms. The van der Waals surface area contributed by atoms with Gasteiger partial charge in [0.1, 0.15) is 11.9 Å². The van der Waals surface area contributed by atoms with Crippen molar-refractivity contribution in [1.29, 1.82) is 5.26 Å². The summed E-state index contributed by atoms with van der Waals surface area (Å²) in [5, 5.41) is 10.3. The Morgan fingerprint density at radius 2 is 1.47 bits per heavy atom. The van der Waals surface area contributed by atoms with Crippen LogP contribution in [0.15, 0.2) is 97.3 Å². The Hall–Kier alpha value is -4.07. The molecule has 6 rings (SSSR count). The topological polar surface area (TPSA) is 41.6 Å². The highest BCUT2D eigenvalue weighted by atomic mass is 32.1. The maximum absolute atomic E-state index is 10.3. The van der Waals surface area contributed by atoms with E-state index in [1.54, 1.807) is 0 Å². The number of rotatable bonds is 7. The molecule has 0 radical (unpaired) electrons. The van der Waals surface area contributed by atoms with E-state index in [2.05, 4.69) is 107 Å². The van der Waals surface area contributed by atoms with Gasteiger partial charge in [-0.05, 0) is 82.3 Å². The van der Waals surface area contributed by atoms with Crippen molar-refractivity contribution in [2.45, 2.75) is 70.0 Å². The van der Waals surface area contributed by atoms with E-state index < -0.39 is 0 Å². The summed E-state index contributed by atoms with van der Waals surface area (Å²) in [6.07, 6.45) is 4.81. The number of aromatic nitrogens is 2. The highest BCUT2D eigenvalue weighted by Gasteiger charge is 2.60. The van der Waals surface area contributed by atoms with Crippen molar-refractivity contribution >= 4 is 12.6 Å². The van der Waals surface area contributed by atoms with E-state index in [0.29, 0.717) is 17.4 Å². The minimum atomic E-state index is -0.102. The summed E-state index contributed by atoms with van der Waals surface area (Å²) >= 11 is 5.06. The number of hydrogen-bond donors (Lipinski definition) is 1. The Kier molecular flexibility index (Phi) is 7.35. The number of thiol groups is 1. The molecule has 2 atom stereocenters. The molecule has 1 aliphatic rings. The third kappa shape index (κ3) is 5.00. The number of benzene rings is 4. The Balaban J connectivity index is 1.57. The second kappa shape index (κ2) is 10.9. The van der Waals surface area contributed by atoms with Gasteiger partial charge in [-0.2, -0.15) is 17.9 Å². The van der Waals surface area contributed by atoms with Crippen LogP contribution in [0.25, 0.3) is 39.3 Å². The van der Waals surface area contributed by atoms with E-state index in [4.69, 9.17) is 17.6 Å². The predicted octanol–water partition coefficient (Wildman–Crippen LogP) is 10.3. The second-order valence-electron chi connectivity index (χ2n) is 13.0. The molecule has 0 spiro atoms. The monoisotopic (exact) mass is 581 g/mol. The van der Waals surface area contributed by atoms with Gasteiger partial charge >= 0.3 is 0 Å². The van der Waals surface area contributed by atoms with Gasteiger partial charge in [-0.1, -0.05) is 101 Å². The summed E-state index contributed by atoms with van der Waals surface area (Å²) in [7, 11) is 0. The Labute approximate surface area is 261 Å². The van der Waals surface area contributed by atoms with Crippen molar-refractivity contribution in [1.82, 2.24) is 9.55 Å². The van der Waals surface area contributed by atoms with Gasteiger partial charge in [0.2, 0.25) is 0 Å². The van der Waals surface area contributed by atoms with E-state index in [1.165, 1.54) is 27.8 Å². The molecule has 0 bridgehead atoms. The Bertz CT molecular complexity index is 1830. The van der Waals surface area contributed by atoms with Crippen LogP contribution in [0.1, 0.15) is 82.1 Å². The Morgan fingerprint density at radius 3 is 2.07 bits per heavy atom. The Morgan fingerprint density at radius 1 is 0.814 bits per heavy atom. The van der Waals surface area contributed by atoms with Crippen LogP contribution < -0.4 is 0 Å². The quantitative estimate of drug-likeness (QED) is 0.194. The molecular weight excluding hydrogens is 543 g/mol. The first-order chi connectivity index (χ1) is 20.6. The zero-order valence-electron chi connectivity index (χ0n) is 25.9. The largest absolute Gasteiger partial charge is 0.298 e. The van der Waals surface area contributed by atoms with Crippen molar-refractivity contribution in [3.63, 3.8) is 0 Å². The molecule has 43 heavy (non-hydrogen) atoms. The molecule has 3 nitrogen and oxygen atoms in total. The summed E-state index contributed by atoms with van der Waals surface area (Å²) < 4.78 is 1.98. The number of nitrogens with zero attached hydrogens (tertiary/aromatic N) is 3. The van der Waals surface area contributed by atoms with Gasteiger partial charge in [-0.15, -0.1) is 0 Å². The van der Waals surface area contributed by atoms with E-state index >= 15 is 0 Å². The van der Waals surface area contributed by atoms with Gasteiger partial charge in [0.05, 0.1) is 11.3 Å². The molecule has 1 unspecified atom stereocenters. The molecule has 0 N–H and O–H groups in total. The maximum Gasteiger partial charge on any atom is 0.144 e. The maximum atomic E-state index is 10.3. The lowest BCUT2D eigenvalue weighted by molar-refractivity contribution is 0.732. The van der Waals surface area contributed by atoms with Crippen molar-refractivity contribution in [3.05, 3.63) is 120 Å². The number of hydrogen-bond acceptors (Lipinski definition) is 3. The van der Waals surface area contributed by atoms with Crippen molar-refractivity contribution in [2.24, 2.45) is 0 Å². The molecule has 1 aromatic heterocycles. The molecule has 1 heterocycles. The fraction of sp³-hybridized carbons (Fsp3) is 0.282. The van der Waals surface area contributed by atoms with Gasteiger partial charge in [-0.3, -0.25) is 4.57 Å². The van der Waals surface area contributed by atoms with Gasteiger partial charge in [0, 0.05) is 28.1 Å². The molecule has 1 aliphatic carbocycles. The van der Waals surface area contributed by atoms with Crippen LogP contribution in [-0.2, 0) is 5.41 Å². The lowest BCUT2D eigenvalue weighted by Crippen LogP contribution is -2.14. The predicted molar refractivity (Wildman–Crippen MR) is 182 cm³/mol. The SMILES string of the molecule is CC(C)c1cccc(C(C)C)c1-c1ccc(C2(C)C[C@@]2(C)S)c(-c2nccn2-c2ccc(-c3ccccc3)cc2C#N)c1. The lowest BCUT2D eigenvalue weighted by atomic mass is 9.82. The van der Waals surface area contributed by atoms with Crippen LogP contribution in [0.2, 0.25) is 0 Å². The molecular formula is C39H39N3S. The molecule has 1 fully saturated rings. The third-order valence-electron chi connectivity index (χ3n) is 9.40. The summed E-state index contributed by atoms with van der Waals surface area (Å²) in [4.78, 5) is 4.95. The van der Waals surface area contributed by atoms with E-state index in [-0.39, 0.29) is 10.2 Å². The number of imidazole rings is 1. The molecule has 0 saturated heterocycles. The van der Waals surface area contributed by atoms with E-state index in [9.17, 15) is 5.26 Å². The lowest BCUT2D eigenvalue weighted by Gasteiger charge is -2.24. The van der Waals surface area contributed by atoms with E-state index in [0.717, 1.165) is 34.6 Å². The van der Waals surface area contributed by atoms with Gasteiger partial charge < -0.3 is 0 Å². The number of nitriles is 1. The summed E-state index contributed by atoms with van der Waals surface area (Å²) in [5.74, 6) is 1.62. The first-order valence-electron chi connectivity index (χ1n) is 15.2. The summed E-state index contributed by atoms with van der Waals surface area (Å²) in [5.41, 5.74) is 11.0. The van der Waals surface area contributed by atoms with Crippen molar-refractivity contribution in [2.75, 3.05) is 0 Å². The van der Waals surface area contributed by atoms with Crippen LogP contribution in [0, 0.1) is 11.3 Å². The second-order valence-corrected chi connectivity index (χ2v) is 14.0. The third-order valence-corrected chi connectivity index (χ3v) is 10.1. The van der Waals surface area contributed by atoms with E-state index in [1.807, 2.05) is 42.7 Å². The smallest absolute Gasteiger partial charge is 0.144 e. The minimum Gasteiger partial charge on any atom is -0.298 e. The summed E-state index contributed by atoms with van der Waals surface area (Å²) in [6, 6.07) is 32.4. The van der Waals surface area contributed by atoms with Crippen molar-refractivity contribution in [3.8, 4) is 45.4 Å².